The third-order valence-corrected chi connectivity index (χ3v) is 5.38. The highest BCUT2D eigenvalue weighted by Crippen LogP contribution is 2.33. The molecule has 0 spiro atoms. The number of halogens is 2. The van der Waals surface area contributed by atoms with E-state index in [1.807, 2.05) is 13.0 Å². The minimum atomic E-state index is -0.696. The Bertz CT molecular complexity index is 877. The molecule has 4 atom stereocenters. The van der Waals surface area contributed by atoms with Crippen LogP contribution in [0.5, 0.6) is 0 Å². The van der Waals surface area contributed by atoms with Crippen LogP contribution in [0.4, 0.5) is 8.78 Å². The molecule has 2 aliphatic heterocycles. The van der Waals surface area contributed by atoms with Crippen molar-refractivity contribution in [3.8, 4) is 6.07 Å². The van der Waals surface area contributed by atoms with E-state index in [4.69, 9.17) is 5.26 Å². The van der Waals surface area contributed by atoms with Gasteiger partial charge in [0.15, 0.2) is 0 Å². The Morgan fingerprint density at radius 2 is 2.18 bits per heavy atom. The number of carbonyl (C=O) groups is 2. The molecule has 1 saturated heterocycles. The average Bonchev–Trinajstić information content (AvgIpc) is 2.64. The normalized spacial score (nSPS) is 25.4. The molecule has 6 nitrogen and oxygen atoms in total. The number of amides is 2. The van der Waals surface area contributed by atoms with Gasteiger partial charge >= 0.3 is 0 Å². The van der Waals surface area contributed by atoms with Crippen molar-refractivity contribution in [1.82, 2.24) is 16.0 Å². The first-order valence-electron chi connectivity index (χ1n) is 9.23. The second-order valence-corrected chi connectivity index (χ2v) is 7.28. The van der Waals surface area contributed by atoms with Crippen molar-refractivity contribution in [2.45, 2.75) is 44.8 Å². The Morgan fingerprint density at radius 3 is 2.86 bits per heavy atom. The molecule has 1 fully saturated rings. The van der Waals surface area contributed by atoms with E-state index in [0.29, 0.717) is 13.0 Å². The molecular formula is C20H22F2N4O2. The van der Waals surface area contributed by atoms with Crippen LogP contribution in [0.3, 0.4) is 0 Å². The fourth-order valence-electron chi connectivity index (χ4n) is 3.89. The first-order valence-corrected chi connectivity index (χ1v) is 9.23. The smallest absolute Gasteiger partial charge is 0.250 e. The van der Waals surface area contributed by atoms with Crippen LogP contribution >= 0.6 is 0 Å². The fraction of sp³-hybridized carbons (Fsp3) is 0.450. The molecular weight excluding hydrogens is 366 g/mol. The van der Waals surface area contributed by atoms with Gasteiger partial charge in [-0.3, -0.25) is 9.59 Å². The van der Waals surface area contributed by atoms with E-state index in [0.717, 1.165) is 6.07 Å². The number of hydrogen-bond acceptors (Lipinski definition) is 4. The molecule has 3 unspecified atom stereocenters. The van der Waals surface area contributed by atoms with Gasteiger partial charge < -0.3 is 16.0 Å². The van der Waals surface area contributed by atoms with E-state index in [-0.39, 0.29) is 28.8 Å². The van der Waals surface area contributed by atoms with Crippen LogP contribution in [0.1, 0.15) is 43.9 Å². The molecule has 1 aromatic rings. The van der Waals surface area contributed by atoms with Crippen molar-refractivity contribution in [2.75, 3.05) is 6.54 Å². The summed E-state index contributed by atoms with van der Waals surface area (Å²) in [5.74, 6) is -2.81. The summed E-state index contributed by atoms with van der Waals surface area (Å²) in [6.45, 7) is 4.12. The second-order valence-electron chi connectivity index (χ2n) is 7.28. The summed E-state index contributed by atoms with van der Waals surface area (Å²) >= 11 is 0. The Morgan fingerprint density at radius 1 is 1.43 bits per heavy atom. The highest BCUT2D eigenvalue weighted by Gasteiger charge is 2.41. The zero-order valence-electron chi connectivity index (χ0n) is 15.7. The molecule has 1 aromatic carbocycles. The molecule has 3 N–H and O–H groups in total. The standard InChI is InChI=1S/C20H22F2N4O2/c1-10(13-4-3-12(9-23)7-15(13)21)25-17(27)8-14-19(22)18-11(2)24-6-5-16(18)26-20(14)28/h3-4,7,10-11,16,18,24H,5-6,8H2,1-2H3,(H,25,27)(H,26,28)/t10-,11?,16?,18?/m1/s1. The van der Waals surface area contributed by atoms with Crippen LogP contribution in [0, 0.1) is 23.1 Å². The van der Waals surface area contributed by atoms with Crippen molar-refractivity contribution in [3.63, 3.8) is 0 Å². The minimum Gasteiger partial charge on any atom is -0.349 e. The summed E-state index contributed by atoms with van der Waals surface area (Å²) in [4.78, 5) is 24.7. The summed E-state index contributed by atoms with van der Waals surface area (Å²) in [6, 6.07) is 4.69. The minimum absolute atomic E-state index is 0.149. The van der Waals surface area contributed by atoms with Crippen molar-refractivity contribution < 1.29 is 18.4 Å². The Labute approximate surface area is 162 Å². The lowest BCUT2D eigenvalue weighted by Crippen LogP contribution is -2.57. The summed E-state index contributed by atoms with van der Waals surface area (Å²) in [6.07, 6.45) is 0.207. The molecule has 3 rings (SSSR count). The van der Waals surface area contributed by atoms with Crippen molar-refractivity contribution >= 4 is 11.8 Å². The zero-order valence-corrected chi connectivity index (χ0v) is 15.7. The number of nitrogens with one attached hydrogen (secondary N) is 3. The number of carbonyl (C=O) groups excluding carboxylic acids is 2. The van der Waals surface area contributed by atoms with E-state index < -0.39 is 41.8 Å². The number of hydrogen-bond donors (Lipinski definition) is 3. The summed E-state index contributed by atoms with van der Waals surface area (Å²) in [7, 11) is 0. The molecule has 0 bridgehead atoms. The first-order chi connectivity index (χ1) is 13.3. The van der Waals surface area contributed by atoms with E-state index in [9.17, 15) is 18.4 Å². The van der Waals surface area contributed by atoms with E-state index >= 15 is 0 Å². The maximum Gasteiger partial charge on any atom is 0.250 e. The SMILES string of the molecule is CC1NCCC2NC(=O)C(CC(=O)N[C@H](C)c3ccc(C#N)cc3F)=C(F)C12. The number of rotatable bonds is 4. The molecule has 2 heterocycles. The molecule has 28 heavy (non-hydrogen) atoms. The summed E-state index contributed by atoms with van der Waals surface area (Å²) in [5.41, 5.74) is 0.206. The Balaban J connectivity index is 1.72. The van der Waals surface area contributed by atoms with Crippen molar-refractivity contribution in [2.24, 2.45) is 5.92 Å². The zero-order chi connectivity index (χ0) is 20.4. The van der Waals surface area contributed by atoms with Gasteiger partial charge in [0.1, 0.15) is 11.6 Å². The van der Waals surface area contributed by atoms with Crippen LogP contribution in [0.25, 0.3) is 0 Å². The van der Waals surface area contributed by atoms with Crippen LogP contribution in [0.2, 0.25) is 0 Å². The lowest BCUT2D eigenvalue weighted by Gasteiger charge is -2.40. The molecule has 0 radical (unpaired) electrons. The number of fused-ring (bicyclic) bond motifs is 1. The third-order valence-electron chi connectivity index (χ3n) is 5.38. The maximum absolute atomic E-state index is 15.0. The quantitative estimate of drug-likeness (QED) is 0.735. The van der Waals surface area contributed by atoms with Gasteiger partial charge in [-0.2, -0.15) is 5.26 Å². The summed E-state index contributed by atoms with van der Waals surface area (Å²) in [5, 5.41) is 17.4. The number of nitrogens with zero attached hydrogens (tertiary/aromatic N) is 1. The van der Waals surface area contributed by atoms with Gasteiger partial charge in [-0.15, -0.1) is 0 Å². The number of benzene rings is 1. The van der Waals surface area contributed by atoms with Gasteiger partial charge in [0.25, 0.3) is 5.91 Å². The number of piperidine rings is 1. The predicted molar refractivity (Wildman–Crippen MR) is 97.9 cm³/mol. The van der Waals surface area contributed by atoms with Crippen LogP contribution < -0.4 is 16.0 Å². The van der Waals surface area contributed by atoms with Gasteiger partial charge in [0.2, 0.25) is 5.91 Å². The van der Waals surface area contributed by atoms with Crippen molar-refractivity contribution in [1.29, 1.82) is 5.26 Å². The topological polar surface area (TPSA) is 94.0 Å². The molecule has 8 heteroatoms. The lowest BCUT2D eigenvalue weighted by molar-refractivity contribution is -0.125. The largest absolute Gasteiger partial charge is 0.349 e. The molecule has 0 aliphatic carbocycles. The lowest BCUT2D eigenvalue weighted by atomic mass is 9.81. The monoisotopic (exact) mass is 388 g/mol. The molecule has 2 aliphatic rings. The van der Waals surface area contributed by atoms with Gasteiger partial charge in [-0.1, -0.05) is 6.07 Å². The highest BCUT2D eigenvalue weighted by atomic mass is 19.1. The van der Waals surface area contributed by atoms with E-state index in [1.54, 1.807) is 6.92 Å². The fourth-order valence-corrected chi connectivity index (χ4v) is 3.89. The predicted octanol–water partition coefficient (Wildman–Crippen LogP) is 1.98. The van der Waals surface area contributed by atoms with Gasteiger partial charge in [0.05, 0.1) is 29.7 Å². The highest BCUT2D eigenvalue weighted by molar-refractivity contribution is 6.00. The Hall–Kier alpha value is -2.79. The maximum atomic E-state index is 15.0. The van der Waals surface area contributed by atoms with Crippen molar-refractivity contribution in [3.05, 3.63) is 46.5 Å². The van der Waals surface area contributed by atoms with Gasteiger partial charge in [-0.05, 0) is 38.9 Å². The van der Waals surface area contributed by atoms with Crippen LogP contribution in [-0.2, 0) is 9.59 Å². The van der Waals surface area contributed by atoms with Gasteiger partial charge in [-0.25, -0.2) is 8.78 Å². The molecule has 0 aromatic heterocycles. The number of nitriles is 1. The second kappa shape index (κ2) is 8.07. The van der Waals surface area contributed by atoms with Crippen LogP contribution in [-0.4, -0.2) is 30.4 Å². The van der Waals surface area contributed by atoms with E-state index in [2.05, 4.69) is 16.0 Å². The van der Waals surface area contributed by atoms with Crippen LogP contribution in [0.15, 0.2) is 29.6 Å². The average molecular weight is 388 g/mol. The molecule has 148 valence electrons. The first kappa shape index (κ1) is 20.0. The Kier molecular flexibility index (Phi) is 5.75. The molecule has 2 amide bonds. The third kappa shape index (κ3) is 3.90. The van der Waals surface area contributed by atoms with E-state index in [1.165, 1.54) is 12.1 Å². The summed E-state index contributed by atoms with van der Waals surface area (Å²) < 4.78 is 29.1. The van der Waals surface area contributed by atoms with Gasteiger partial charge in [0, 0.05) is 23.6 Å². The molecule has 0 saturated carbocycles.